The fraction of sp³-hybridized carbons (Fsp3) is 0.417. The number of hydrogen-bond acceptors (Lipinski definition) is 5. The normalized spacial score (nSPS) is 16.6. The molecule has 0 spiro atoms. The number of hydrogen-bond donors (Lipinski definition) is 1. The lowest BCUT2D eigenvalue weighted by atomic mass is 9.97. The SMILES string of the molecule is CCOc1ccccc1CNC(=O)[C@@H]1CCCN(c2nc3c(C)cc(C)cc3s2)C1. The smallest absolute Gasteiger partial charge is 0.225 e. The molecule has 6 heteroatoms. The largest absolute Gasteiger partial charge is 0.494 e. The third-order valence-electron chi connectivity index (χ3n) is 5.61. The van der Waals surface area contributed by atoms with E-state index in [1.54, 1.807) is 11.3 Å². The summed E-state index contributed by atoms with van der Waals surface area (Å²) >= 11 is 1.73. The van der Waals surface area contributed by atoms with Crippen molar-refractivity contribution in [2.75, 3.05) is 24.6 Å². The minimum Gasteiger partial charge on any atom is -0.494 e. The van der Waals surface area contributed by atoms with Crippen LogP contribution in [0.4, 0.5) is 5.13 Å². The molecule has 30 heavy (non-hydrogen) atoms. The Bertz CT molecular complexity index is 1050. The summed E-state index contributed by atoms with van der Waals surface area (Å²) < 4.78 is 6.89. The summed E-state index contributed by atoms with van der Waals surface area (Å²) in [6.45, 7) is 8.99. The number of nitrogens with zero attached hydrogens (tertiary/aromatic N) is 2. The number of ether oxygens (including phenoxy) is 1. The van der Waals surface area contributed by atoms with E-state index in [2.05, 4.69) is 36.2 Å². The van der Waals surface area contributed by atoms with Gasteiger partial charge in [0.15, 0.2) is 5.13 Å². The molecule has 1 fully saturated rings. The maximum atomic E-state index is 12.9. The summed E-state index contributed by atoms with van der Waals surface area (Å²) in [6.07, 6.45) is 1.92. The Morgan fingerprint density at radius 1 is 1.30 bits per heavy atom. The maximum absolute atomic E-state index is 12.9. The predicted octanol–water partition coefficient (Wildman–Crippen LogP) is 4.84. The van der Waals surface area contributed by atoms with Crippen LogP contribution in [0, 0.1) is 19.8 Å². The van der Waals surface area contributed by atoms with Crippen molar-refractivity contribution in [2.24, 2.45) is 5.92 Å². The fourth-order valence-corrected chi connectivity index (χ4v) is 5.31. The standard InChI is InChI=1S/C24H29N3O2S/c1-4-29-20-10-6-5-8-18(20)14-25-23(28)19-9-7-11-27(15-19)24-26-22-17(3)12-16(2)13-21(22)30-24/h5-6,8,10,12-13,19H,4,7,9,11,14-15H2,1-3H3,(H,25,28)/t19-/m1/s1. The first-order valence-corrected chi connectivity index (χ1v) is 11.5. The van der Waals surface area contributed by atoms with Gasteiger partial charge in [-0.3, -0.25) is 4.79 Å². The molecule has 1 saturated heterocycles. The van der Waals surface area contributed by atoms with Crippen LogP contribution in [0.25, 0.3) is 10.2 Å². The zero-order valence-electron chi connectivity index (χ0n) is 17.9. The molecule has 5 nitrogen and oxygen atoms in total. The zero-order valence-corrected chi connectivity index (χ0v) is 18.7. The second kappa shape index (κ2) is 9.04. The number of aromatic nitrogens is 1. The number of carbonyl (C=O) groups excluding carboxylic acids is 1. The number of amides is 1. The molecule has 1 aliphatic rings. The van der Waals surface area contributed by atoms with Gasteiger partial charge in [0.05, 0.1) is 22.7 Å². The minimum absolute atomic E-state index is 0.0205. The Balaban J connectivity index is 1.43. The van der Waals surface area contributed by atoms with Gasteiger partial charge >= 0.3 is 0 Å². The summed E-state index contributed by atoms with van der Waals surface area (Å²) in [5.74, 6) is 0.928. The molecule has 158 valence electrons. The Kier molecular flexibility index (Phi) is 6.23. The quantitative estimate of drug-likeness (QED) is 0.616. The van der Waals surface area contributed by atoms with Crippen LogP contribution in [0.3, 0.4) is 0 Å². The van der Waals surface area contributed by atoms with Crippen molar-refractivity contribution in [3.05, 3.63) is 53.1 Å². The monoisotopic (exact) mass is 423 g/mol. The summed E-state index contributed by atoms with van der Waals surface area (Å²) in [5.41, 5.74) is 4.57. The lowest BCUT2D eigenvalue weighted by Gasteiger charge is -2.31. The van der Waals surface area contributed by atoms with E-state index in [-0.39, 0.29) is 11.8 Å². The second-order valence-electron chi connectivity index (χ2n) is 7.97. The molecular formula is C24H29N3O2S. The highest BCUT2D eigenvalue weighted by molar-refractivity contribution is 7.22. The van der Waals surface area contributed by atoms with E-state index < -0.39 is 0 Å². The number of para-hydroxylation sites is 1. The third-order valence-corrected chi connectivity index (χ3v) is 6.67. The van der Waals surface area contributed by atoms with E-state index in [9.17, 15) is 4.79 Å². The van der Waals surface area contributed by atoms with Crippen molar-refractivity contribution in [1.82, 2.24) is 10.3 Å². The number of piperidine rings is 1. The topological polar surface area (TPSA) is 54.5 Å². The van der Waals surface area contributed by atoms with Gasteiger partial charge in [-0.05, 0) is 56.9 Å². The van der Waals surface area contributed by atoms with Gasteiger partial charge in [0.2, 0.25) is 5.91 Å². The molecule has 0 radical (unpaired) electrons. The van der Waals surface area contributed by atoms with Crippen LogP contribution in [0.2, 0.25) is 0 Å². The molecule has 2 aromatic carbocycles. The molecule has 4 rings (SSSR count). The van der Waals surface area contributed by atoms with Crippen molar-refractivity contribution in [2.45, 2.75) is 40.2 Å². The van der Waals surface area contributed by atoms with E-state index in [0.29, 0.717) is 13.2 Å². The van der Waals surface area contributed by atoms with Gasteiger partial charge in [-0.1, -0.05) is 35.6 Å². The number of nitrogens with one attached hydrogen (secondary N) is 1. The average molecular weight is 424 g/mol. The molecule has 1 N–H and O–H groups in total. The Hall–Kier alpha value is -2.60. The van der Waals surface area contributed by atoms with Crippen molar-refractivity contribution in [3.8, 4) is 5.75 Å². The fourth-order valence-electron chi connectivity index (χ4n) is 4.13. The molecule has 0 bridgehead atoms. The zero-order chi connectivity index (χ0) is 21.1. The first kappa shape index (κ1) is 20.7. The first-order valence-electron chi connectivity index (χ1n) is 10.7. The molecule has 1 aliphatic heterocycles. The Morgan fingerprint density at radius 2 is 2.13 bits per heavy atom. The van der Waals surface area contributed by atoms with Crippen molar-refractivity contribution >= 4 is 32.6 Å². The first-order chi connectivity index (χ1) is 14.5. The van der Waals surface area contributed by atoms with Gasteiger partial charge in [-0.15, -0.1) is 0 Å². The highest BCUT2D eigenvalue weighted by Gasteiger charge is 2.27. The van der Waals surface area contributed by atoms with Gasteiger partial charge in [0.1, 0.15) is 5.75 Å². The van der Waals surface area contributed by atoms with E-state index >= 15 is 0 Å². The maximum Gasteiger partial charge on any atom is 0.225 e. The third kappa shape index (κ3) is 4.43. The molecule has 1 aromatic heterocycles. The number of thiazole rings is 1. The Labute approximate surface area is 182 Å². The van der Waals surface area contributed by atoms with Gasteiger partial charge in [0.25, 0.3) is 0 Å². The number of benzene rings is 2. The number of fused-ring (bicyclic) bond motifs is 1. The van der Waals surface area contributed by atoms with Crippen LogP contribution in [0.5, 0.6) is 5.75 Å². The highest BCUT2D eigenvalue weighted by atomic mass is 32.1. The van der Waals surface area contributed by atoms with E-state index in [1.807, 2.05) is 31.2 Å². The second-order valence-corrected chi connectivity index (χ2v) is 8.98. The number of carbonyl (C=O) groups is 1. The molecular weight excluding hydrogens is 394 g/mol. The number of aryl methyl sites for hydroxylation is 2. The van der Waals surface area contributed by atoms with Crippen molar-refractivity contribution in [1.29, 1.82) is 0 Å². The summed E-state index contributed by atoms with van der Waals surface area (Å²) in [6, 6.07) is 12.3. The van der Waals surface area contributed by atoms with Crippen LogP contribution in [0.1, 0.15) is 36.5 Å². The highest BCUT2D eigenvalue weighted by Crippen LogP contribution is 2.33. The van der Waals surface area contributed by atoms with Crippen LogP contribution >= 0.6 is 11.3 Å². The van der Waals surface area contributed by atoms with Gasteiger partial charge in [-0.25, -0.2) is 4.98 Å². The van der Waals surface area contributed by atoms with E-state index in [1.165, 1.54) is 15.8 Å². The molecule has 0 saturated carbocycles. The molecule has 0 aliphatic carbocycles. The van der Waals surface area contributed by atoms with Gasteiger partial charge < -0.3 is 15.0 Å². The number of anilines is 1. The Morgan fingerprint density at radius 3 is 2.97 bits per heavy atom. The van der Waals surface area contributed by atoms with Crippen molar-refractivity contribution in [3.63, 3.8) is 0 Å². The number of rotatable bonds is 6. The molecule has 2 heterocycles. The van der Waals surface area contributed by atoms with Crippen LogP contribution < -0.4 is 15.0 Å². The van der Waals surface area contributed by atoms with Crippen molar-refractivity contribution < 1.29 is 9.53 Å². The van der Waals surface area contributed by atoms with Crippen LogP contribution in [0.15, 0.2) is 36.4 Å². The van der Waals surface area contributed by atoms with Gasteiger partial charge in [0, 0.05) is 25.2 Å². The van der Waals surface area contributed by atoms with Gasteiger partial charge in [-0.2, -0.15) is 0 Å². The summed E-state index contributed by atoms with van der Waals surface area (Å²) in [7, 11) is 0. The van der Waals surface area contributed by atoms with E-state index in [4.69, 9.17) is 9.72 Å². The molecule has 1 atom stereocenters. The molecule has 0 unspecified atom stereocenters. The van der Waals surface area contributed by atoms with Crippen LogP contribution in [-0.2, 0) is 11.3 Å². The minimum atomic E-state index is -0.0205. The summed E-state index contributed by atoms with van der Waals surface area (Å²) in [5, 5.41) is 4.15. The summed E-state index contributed by atoms with van der Waals surface area (Å²) in [4.78, 5) is 20.1. The lowest BCUT2D eigenvalue weighted by molar-refractivity contribution is -0.125. The molecule has 3 aromatic rings. The lowest BCUT2D eigenvalue weighted by Crippen LogP contribution is -2.43. The molecule has 1 amide bonds. The predicted molar refractivity (Wildman–Crippen MR) is 123 cm³/mol. The van der Waals surface area contributed by atoms with E-state index in [0.717, 1.165) is 47.9 Å². The van der Waals surface area contributed by atoms with Crippen LogP contribution in [-0.4, -0.2) is 30.6 Å². The average Bonchev–Trinajstić information content (AvgIpc) is 3.18.